The number of aliphatic carboxylic acids is 1. The number of fused-ring (bicyclic) bond motifs is 3. The number of nitrogens with zero attached hydrogens (tertiary/aromatic N) is 1. The minimum Gasteiger partial charge on any atom is -0.480 e. The fourth-order valence-corrected chi connectivity index (χ4v) is 5.19. The Morgan fingerprint density at radius 1 is 1.03 bits per heavy atom. The van der Waals surface area contributed by atoms with Gasteiger partial charge in [0.2, 0.25) is 5.91 Å². The van der Waals surface area contributed by atoms with Gasteiger partial charge in [-0.1, -0.05) is 62.4 Å². The number of rotatable bonds is 9. The smallest absolute Gasteiger partial charge is 0.407 e. The summed E-state index contributed by atoms with van der Waals surface area (Å²) in [6.45, 7) is 5.34. The summed E-state index contributed by atoms with van der Waals surface area (Å²) < 4.78 is 5.59. The predicted octanol–water partition coefficient (Wildman–Crippen LogP) is 4.80. The summed E-state index contributed by atoms with van der Waals surface area (Å²) in [5.74, 6) is -1.01. The maximum absolute atomic E-state index is 12.5. The van der Waals surface area contributed by atoms with Crippen LogP contribution in [-0.4, -0.2) is 53.7 Å². The van der Waals surface area contributed by atoms with Gasteiger partial charge in [0.1, 0.15) is 12.6 Å². The lowest BCUT2D eigenvalue weighted by molar-refractivity contribution is -0.148. The number of ether oxygens (including phenoxy) is 1. The fraction of sp³-hybridized carbons (Fsp3) is 0.464. The minimum absolute atomic E-state index is 0.0239. The van der Waals surface area contributed by atoms with E-state index in [0.29, 0.717) is 38.8 Å². The number of likely N-dealkylation sites (tertiary alicyclic amines) is 1. The van der Waals surface area contributed by atoms with Gasteiger partial charge in [-0.3, -0.25) is 4.79 Å². The Morgan fingerprint density at radius 2 is 1.66 bits per heavy atom. The van der Waals surface area contributed by atoms with Gasteiger partial charge >= 0.3 is 12.1 Å². The zero-order valence-corrected chi connectivity index (χ0v) is 20.5. The molecule has 1 aliphatic heterocycles. The molecule has 2 aliphatic rings. The normalized spacial score (nSPS) is 17.1. The molecular weight excluding hydrogens is 444 g/mol. The van der Waals surface area contributed by atoms with E-state index in [1.807, 2.05) is 24.3 Å². The third-order valence-corrected chi connectivity index (χ3v) is 7.29. The Hall–Kier alpha value is -3.35. The van der Waals surface area contributed by atoms with E-state index < -0.39 is 18.1 Å². The van der Waals surface area contributed by atoms with Gasteiger partial charge in [0.05, 0.1) is 0 Å². The SMILES string of the molecule is CC(C)(CCNC(=O)OCC1c2ccccc2-c2ccccc21)CCC(=O)N1CCCC1C(=O)O. The number of hydrogen-bond acceptors (Lipinski definition) is 4. The number of nitrogens with one attached hydrogen (secondary N) is 1. The number of carboxylic acids is 1. The topological polar surface area (TPSA) is 95.9 Å². The highest BCUT2D eigenvalue weighted by Gasteiger charge is 2.34. The standard InChI is InChI=1S/C28H34N2O5/c1-28(2,14-13-25(31)30-17-7-12-24(30)26(32)33)15-16-29-27(34)35-18-23-21-10-5-3-8-19(21)20-9-4-6-11-22(20)23/h3-6,8-11,23-24H,7,12-18H2,1-2H3,(H,29,34)(H,32,33). The van der Waals surface area contributed by atoms with Gasteiger partial charge < -0.3 is 20.1 Å². The molecule has 0 bridgehead atoms. The van der Waals surface area contributed by atoms with Crippen molar-refractivity contribution in [2.45, 2.75) is 57.9 Å². The van der Waals surface area contributed by atoms with Gasteiger partial charge in [0, 0.05) is 25.4 Å². The van der Waals surface area contributed by atoms with Crippen molar-refractivity contribution in [3.63, 3.8) is 0 Å². The molecule has 7 heteroatoms. The Morgan fingerprint density at radius 3 is 2.29 bits per heavy atom. The summed E-state index contributed by atoms with van der Waals surface area (Å²) in [5, 5.41) is 12.1. The molecule has 7 nitrogen and oxygen atoms in total. The maximum atomic E-state index is 12.5. The first-order valence-electron chi connectivity index (χ1n) is 12.4. The van der Waals surface area contributed by atoms with Crippen LogP contribution in [0.1, 0.15) is 63.0 Å². The molecule has 1 unspecified atom stereocenters. The Labute approximate surface area is 206 Å². The lowest BCUT2D eigenvalue weighted by Gasteiger charge is -2.27. The molecule has 0 radical (unpaired) electrons. The van der Waals surface area contributed by atoms with Crippen LogP contribution < -0.4 is 5.32 Å². The lowest BCUT2D eigenvalue weighted by atomic mass is 9.84. The van der Waals surface area contributed by atoms with Crippen molar-refractivity contribution < 1.29 is 24.2 Å². The van der Waals surface area contributed by atoms with Crippen molar-refractivity contribution in [3.05, 3.63) is 59.7 Å². The Balaban J connectivity index is 1.22. The second kappa shape index (κ2) is 10.5. The van der Waals surface area contributed by atoms with E-state index >= 15 is 0 Å². The third kappa shape index (κ3) is 5.66. The van der Waals surface area contributed by atoms with Crippen LogP contribution in [0.25, 0.3) is 11.1 Å². The molecule has 1 saturated heterocycles. The monoisotopic (exact) mass is 478 g/mol. The third-order valence-electron chi connectivity index (χ3n) is 7.29. The maximum Gasteiger partial charge on any atom is 0.407 e. The highest BCUT2D eigenvalue weighted by molar-refractivity contribution is 5.84. The van der Waals surface area contributed by atoms with E-state index in [1.54, 1.807) is 0 Å². The molecule has 1 atom stereocenters. The van der Waals surface area contributed by atoms with Gasteiger partial charge in [-0.2, -0.15) is 0 Å². The van der Waals surface area contributed by atoms with Crippen LogP contribution in [-0.2, 0) is 14.3 Å². The fourth-order valence-electron chi connectivity index (χ4n) is 5.19. The largest absolute Gasteiger partial charge is 0.480 e. The zero-order chi connectivity index (χ0) is 25.0. The Bertz CT molecular complexity index is 1050. The van der Waals surface area contributed by atoms with Crippen molar-refractivity contribution >= 4 is 18.0 Å². The summed E-state index contributed by atoms with van der Waals surface area (Å²) in [6.07, 6.45) is 2.43. The quantitative estimate of drug-likeness (QED) is 0.540. The molecular formula is C28H34N2O5. The van der Waals surface area contributed by atoms with Gasteiger partial charge in [-0.15, -0.1) is 0 Å². The highest BCUT2D eigenvalue weighted by Crippen LogP contribution is 2.44. The lowest BCUT2D eigenvalue weighted by Crippen LogP contribution is -2.40. The average Bonchev–Trinajstić information content (AvgIpc) is 3.45. The van der Waals surface area contributed by atoms with E-state index in [4.69, 9.17) is 4.74 Å². The number of hydrogen-bond donors (Lipinski definition) is 2. The van der Waals surface area contributed by atoms with Gasteiger partial charge in [-0.25, -0.2) is 9.59 Å². The number of alkyl carbamates (subject to hydrolysis) is 1. The van der Waals surface area contributed by atoms with E-state index in [2.05, 4.69) is 43.4 Å². The van der Waals surface area contributed by atoms with E-state index in [0.717, 1.165) is 6.42 Å². The van der Waals surface area contributed by atoms with Crippen LogP contribution >= 0.6 is 0 Å². The van der Waals surface area contributed by atoms with Crippen molar-refractivity contribution in [3.8, 4) is 11.1 Å². The van der Waals surface area contributed by atoms with Crippen molar-refractivity contribution in [2.75, 3.05) is 19.7 Å². The van der Waals surface area contributed by atoms with Crippen molar-refractivity contribution in [1.82, 2.24) is 10.2 Å². The molecule has 2 aromatic carbocycles. The number of carboxylic acid groups (broad SMARTS) is 1. The molecule has 4 rings (SSSR count). The molecule has 2 aromatic rings. The summed E-state index contributed by atoms with van der Waals surface area (Å²) >= 11 is 0. The van der Waals surface area contributed by atoms with Crippen LogP contribution in [0.4, 0.5) is 4.79 Å². The average molecular weight is 479 g/mol. The number of amides is 2. The van der Waals surface area contributed by atoms with Crippen molar-refractivity contribution in [2.24, 2.45) is 5.41 Å². The van der Waals surface area contributed by atoms with Crippen LogP contribution in [0.3, 0.4) is 0 Å². The molecule has 2 amide bonds. The number of carbonyl (C=O) groups is 3. The first kappa shape index (κ1) is 24.8. The van der Waals surface area contributed by atoms with E-state index in [1.165, 1.54) is 27.2 Å². The molecule has 2 N–H and O–H groups in total. The molecule has 1 fully saturated rings. The second-order valence-electron chi connectivity index (χ2n) is 10.2. The zero-order valence-electron chi connectivity index (χ0n) is 20.5. The summed E-state index contributed by atoms with van der Waals surface area (Å²) in [6, 6.07) is 15.8. The summed E-state index contributed by atoms with van der Waals surface area (Å²) in [5.41, 5.74) is 4.56. The van der Waals surface area contributed by atoms with Crippen molar-refractivity contribution in [1.29, 1.82) is 0 Å². The molecule has 1 heterocycles. The molecule has 0 aromatic heterocycles. The first-order valence-corrected chi connectivity index (χ1v) is 12.4. The molecule has 1 aliphatic carbocycles. The summed E-state index contributed by atoms with van der Waals surface area (Å²) in [7, 11) is 0. The minimum atomic E-state index is -0.928. The van der Waals surface area contributed by atoms with E-state index in [-0.39, 0.29) is 23.8 Å². The Kier molecular flexibility index (Phi) is 7.43. The predicted molar refractivity (Wildman–Crippen MR) is 133 cm³/mol. The van der Waals surface area contributed by atoms with Crippen LogP contribution in [0.5, 0.6) is 0 Å². The number of carbonyl (C=O) groups excluding carboxylic acids is 2. The summed E-state index contributed by atoms with van der Waals surface area (Å²) in [4.78, 5) is 37.8. The van der Waals surface area contributed by atoms with Gasteiger partial charge in [0.15, 0.2) is 0 Å². The van der Waals surface area contributed by atoms with Gasteiger partial charge in [0.25, 0.3) is 0 Å². The van der Waals surface area contributed by atoms with Crippen LogP contribution in [0.2, 0.25) is 0 Å². The van der Waals surface area contributed by atoms with Crippen LogP contribution in [0.15, 0.2) is 48.5 Å². The molecule has 0 saturated carbocycles. The van der Waals surface area contributed by atoms with Crippen LogP contribution in [0, 0.1) is 5.41 Å². The van der Waals surface area contributed by atoms with Gasteiger partial charge in [-0.05, 0) is 53.4 Å². The molecule has 35 heavy (non-hydrogen) atoms. The first-order chi connectivity index (χ1) is 16.8. The van der Waals surface area contributed by atoms with E-state index in [9.17, 15) is 19.5 Å². The molecule has 186 valence electrons. The highest BCUT2D eigenvalue weighted by atomic mass is 16.5. The number of benzene rings is 2. The second-order valence-corrected chi connectivity index (χ2v) is 10.2. The molecule has 0 spiro atoms.